The number of hydrogen-bond acceptors (Lipinski definition) is 10. The number of halogens is 4. The standard InChI is InChI=1S/C28H35F4N5O5S2/c1-2-44(39,40)22-5-3-19(4-6-22)23(7-9-33)35-25(38)24-15-34-28(43-24)37-12-11-36(16-20(37)17-41-26(29)30)10-8-18-13-21(14-18)42-27(31)32/h3-6,15,18,20-21,23,26-27H,2,7-8,10-14,16-17H2,1H3,(H,35,38)/t18?,20?,21?,23-/m0/s1. The maximum absolute atomic E-state index is 13.1. The van der Waals surface area contributed by atoms with E-state index in [4.69, 9.17) is 0 Å². The van der Waals surface area contributed by atoms with Crippen LogP contribution in [0, 0.1) is 17.2 Å². The van der Waals surface area contributed by atoms with Crippen molar-refractivity contribution in [3.63, 3.8) is 0 Å². The summed E-state index contributed by atoms with van der Waals surface area (Å²) >= 11 is 1.09. The molecule has 1 aromatic carbocycles. The van der Waals surface area contributed by atoms with Crippen LogP contribution >= 0.6 is 11.3 Å². The smallest absolute Gasteiger partial charge is 0.343 e. The van der Waals surface area contributed by atoms with Crippen LogP contribution in [0.25, 0.3) is 0 Å². The van der Waals surface area contributed by atoms with Crippen molar-refractivity contribution in [1.82, 2.24) is 15.2 Å². The van der Waals surface area contributed by atoms with E-state index in [9.17, 15) is 36.0 Å². The summed E-state index contributed by atoms with van der Waals surface area (Å²) in [5, 5.41) is 12.6. The summed E-state index contributed by atoms with van der Waals surface area (Å²) in [6, 6.07) is 6.91. The predicted molar refractivity (Wildman–Crippen MR) is 154 cm³/mol. The quantitative estimate of drug-likeness (QED) is 0.276. The lowest BCUT2D eigenvalue weighted by atomic mass is 9.80. The number of sulfone groups is 1. The van der Waals surface area contributed by atoms with Crippen molar-refractivity contribution in [1.29, 1.82) is 5.26 Å². The van der Waals surface area contributed by atoms with Gasteiger partial charge in [-0.15, -0.1) is 0 Å². The van der Waals surface area contributed by atoms with Crippen molar-refractivity contribution in [3.8, 4) is 6.07 Å². The van der Waals surface area contributed by atoms with Crippen LogP contribution in [-0.4, -0.2) is 88.1 Å². The topological polar surface area (TPSA) is 125 Å². The second-order valence-corrected chi connectivity index (χ2v) is 14.0. The number of nitrogens with one attached hydrogen (secondary N) is 1. The van der Waals surface area contributed by atoms with Crippen molar-refractivity contribution in [3.05, 3.63) is 40.9 Å². The first-order chi connectivity index (χ1) is 21.0. The maximum atomic E-state index is 13.1. The number of anilines is 1. The van der Waals surface area contributed by atoms with Gasteiger partial charge < -0.3 is 19.7 Å². The third-order valence-corrected chi connectivity index (χ3v) is 10.7. The molecule has 2 aliphatic rings. The first kappa shape index (κ1) is 34.0. The van der Waals surface area contributed by atoms with Crippen molar-refractivity contribution < 1.29 is 40.2 Å². The molecule has 1 amide bonds. The summed E-state index contributed by atoms with van der Waals surface area (Å²) < 4.78 is 84.0. The Morgan fingerprint density at radius 2 is 1.91 bits per heavy atom. The van der Waals surface area contributed by atoms with Gasteiger partial charge in [-0.3, -0.25) is 9.69 Å². The molecule has 1 saturated heterocycles. The number of carbonyl (C=O) groups excluding carboxylic acids is 1. The molecule has 4 rings (SSSR count). The van der Waals surface area contributed by atoms with E-state index in [1.165, 1.54) is 18.3 Å². The van der Waals surface area contributed by atoms with Crippen LogP contribution in [0.5, 0.6) is 0 Å². The number of benzene rings is 1. The van der Waals surface area contributed by atoms with E-state index in [0.29, 0.717) is 49.7 Å². The molecule has 2 aromatic rings. The lowest BCUT2D eigenvalue weighted by molar-refractivity contribution is -0.191. The average Bonchev–Trinajstić information content (AvgIpc) is 3.47. The Balaban J connectivity index is 1.37. The predicted octanol–water partition coefficient (Wildman–Crippen LogP) is 4.46. The van der Waals surface area contributed by atoms with Gasteiger partial charge in [0.2, 0.25) is 0 Å². The molecule has 0 spiro atoms. The summed E-state index contributed by atoms with van der Waals surface area (Å²) in [7, 11) is -3.40. The van der Waals surface area contributed by atoms with Crippen LogP contribution < -0.4 is 10.2 Å². The van der Waals surface area contributed by atoms with Crippen LogP contribution in [0.15, 0.2) is 35.4 Å². The van der Waals surface area contributed by atoms with E-state index in [-0.39, 0.29) is 34.5 Å². The van der Waals surface area contributed by atoms with E-state index in [1.807, 2.05) is 11.0 Å². The minimum Gasteiger partial charge on any atom is -0.343 e. The lowest BCUT2D eigenvalue weighted by Gasteiger charge is -2.42. The number of rotatable bonds is 15. The highest BCUT2D eigenvalue weighted by Gasteiger charge is 2.34. The molecule has 1 aliphatic heterocycles. The zero-order valence-corrected chi connectivity index (χ0v) is 25.7. The summed E-state index contributed by atoms with van der Waals surface area (Å²) in [5.41, 5.74) is 0.569. The highest BCUT2D eigenvalue weighted by atomic mass is 32.2. The summed E-state index contributed by atoms with van der Waals surface area (Å²) in [6.45, 7) is -2.25. The number of ether oxygens (including phenoxy) is 2. The maximum Gasteiger partial charge on any atom is 0.345 e. The third kappa shape index (κ3) is 9.10. The lowest BCUT2D eigenvalue weighted by Crippen LogP contribution is -2.55. The monoisotopic (exact) mass is 661 g/mol. The Kier molecular flexibility index (Phi) is 11.9. The van der Waals surface area contributed by atoms with Gasteiger partial charge in [0, 0.05) is 19.6 Å². The van der Waals surface area contributed by atoms with E-state index in [0.717, 1.165) is 17.8 Å². The number of hydrogen-bond donors (Lipinski definition) is 1. The molecular weight excluding hydrogens is 626 g/mol. The van der Waals surface area contributed by atoms with Crippen LogP contribution in [0.3, 0.4) is 0 Å². The van der Waals surface area contributed by atoms with Gasteiger partial charge in [0.1, 0.15) is 4.88 Å². The van der Waals surface area contributed by atoms with Gasteiger partial charge in [-0.2, -0.15) is 22.8 Å². The molecule has 0 bridgehead atoms. The molecule has 1 unspecified atom stereocenters. The summed E-state index contributed by atoms with van der Waals surface area (Å²) in [4.78, 5) is 21.9. The zero-order chi connectivity index (χ0) is 31.9. The fourth-order valence-electron chi connectivity index (χ4n) is 5.38. The van der Waals surface area contributed by atoms with Crippen molar-refractivity contribution in [2.45, 2.75) is 68.9 Å². The highest BCUT2D eigenvalue weighted by Crippen LogP contribution is 2.34. The average molecular weight is 662 g/mol. The van der Waals surface area contributed by atoms with Crippen molar-refractivity contribution in [2.75, 3.05) is 43.4 Å². The number of aromatic nitrogens is 1. The van der Waals surface area contributed by atoms with Gasteiger partial charge in [-0.05, 0) is 49.4 Å². The Morgan fingerprint density at radius 3 is 2.55 bits per heavy atom. The molecule has 1 N–H and O–H groups in total. The van der Waals surface area contributed by atoms with E-state index in [1.54, 1.807) is 19.1 Å². The Labute approximate surface area is 257 Å². The van der Waals surface area contributed by atoms with Gasteiger partial charge in [-0.1, -0.05) is 30.4 Å². The normalized spacial score (nSPS) is 21.7. The largest absolute Gasteiger partial charge is 0.345 e. The molecule has 2 fully saturated rings. The fraction of sp³-hybridized carbons (Fsp3) is 0.607. The molecule has 44 heavy (non-hydrogen) atoms. The van der Waals surface area contributed by atoms with Gasteiger partial charge in [0.25, 0.3) is 5.91 Å². The Morgan fingerprint density at radius 1 is 1.18 bits per heavy atom. The van der Waals surface area contributed by atoms with E-state index < -0.39 is 47.2 Å². The van der Waals surface area contributed by atoms with Crippen LogP contribution in [0.1, 0.15) is 53.9 Å². The fourth-order valence-corrected chi connectivity index (χ4v) is 7.18. The molecule has 10 nitrogen and oxygen atoms in total. The third-order valence-electron chi connectivity index (χ3n) is 7.91. The number of nitriles is 1. The summed E-state index contributed by atoms with van der Waals surface area (Å²) in [6.07, 6.45) is 2.87. The van der Waals surface area contributed by atoms with Gasteiger partial charge in [0.15, 0.2) is 15.0 Å². The van der Waals surface area contributed by atoms with Gasteiger partial charge >= 0.3 is 13.2 Å². The molecule has 2 atom stereocenters. The first-order valence-electron chi connectivity index (χ1n) is 14.3. The number of piperazine rings is 1. The number of amides is 1. The Bertz CT molecular complexity index is 1380. The zero-order valence-electron chi connectivity index (χ0n) is 24.1. The highest BCUT2D eigenvalue weighted by molar-refractivity contribution is 7.91. The van der Waals surface area contributed by atoms with E-state index >= 15 is 0 Å². The number of thiazole rings is 1. The second kappa shape index (κ2) is 15.4. The number of nitrogens with zero attached hydrogens (tertiary/aromatic N) is 4. The molecule has 1 aliphatic carbocycles. The second-order valence-electron chi connectivity index (χ2n) is 10.8. The number of alkyl halides is 4. The van der Waals surface area contributed by atoms with Crippen LogP contribution in [0.4, 0.5) is 22.7 Å². The molecule has 0 radical (unpaired) electrons. The number of carbonyl (C=O) groups is 1. The minimum absolute atomic E-state index is 0.0486. The van der Waals surface area contributed by atoms with Gasteiger partial charge in [0.05, 0.1) is 54.1 Å². The summed E-state index contributed by atoms with van der Waals surface area (Å²) in [5.74, 6) is -0.252. The molecule has 1 aromatic heterocycles. The SMILES string of the molecule is CCS(=O)(=O)c1ccc([C@H](CC#N)NC(=O)c2cnc(N3CCN(CCC4CC(OC(F)F)C4)CC3COC(F)F)s2)cc1. The molecule has 1 saturated carbocycles. The molecule has 242 valence electrons. The van der Waals surface area contributed by atoms with Crippen molar-refractivity contribution >= 4 is 32.2 Å². The molecule has 2 heterocycles. The van der Waals surface area contributed by atoms with Gasteiger partial charge in [-0.25, -0.2) is 13.4 Å². The van der Waals surface area contributed by atoms with Crippen molar-refractivity contribution in [2.24, 2.45) is 5.92 Å². The minimum atomic E-state index is -3.40. The van der Waals surface area contributed by atoms with E-state index in [2.05, 4.69) is 24.7 Å². The van der Waals surface area contributed by atoms with Crippen LogP contribution in [-0.2, 0) is 19.3 Å². The molecule has 16 heteroatoms. The molecular formula is C28H35F4N5O5S2. The van der Waals surface area contributed by atoms with Crippen LogP contribution in [0.2, 0.25) is 0 Å². The Hall–Kier alpha value is -2.84. The first-order valence-corrected chi connectivity index (χ1v) is 16.7.